The minimum Gasteiger partial charge on any atom is -0.468 e. The second-order valence-corrected chi connectivity index (χ2v) is 8.18. The first-order chi connectivity index (χ1) is 12.8. The van der Waals surface area contributed by atoms with Gasteiger partial charge in [-0.2, -0.15) is 0 Å². The Bertz CT molecular complexity index is 702. The van der Waals surface area contributed by atoms with Crippen LogP contribution < -0.4 is 0 Å². The fourth-order valence-corrected chi connectivity index (χ4v) is 4.49. The van der Waals surface area contributed by atoms with Gasteiger partial charge in [0.25, 0.3) is 0 Å². The van der Waals surface area contributed by atoms with E-state index in [0.717, 1.165) is 5.56 Å². The highest BCUT2D eigenvalue weighted by Gasteiger charge is 2.55. The standard InChI is InChI=1S/C20H27ClN2O4/c1-20(19(26)27-3)12-16(18(25)23-10-8-15(24)9-11-23)17(22(20)2)13-4-6-14(21)7-5-13/h4-7,15-17,24H,8-12H2,1-3H3/t16-,17-,20-/m1/s1. The second-order valence-electron chi connectivity index (χ2n) is 7.74. The summed E-state index contributed by atoms with van der Waals surface area (Å²) in [5.41, 5.74) is 0.0687. The molecule has 2 aliphatic heterocycles. The van der Waals surface area contributed by atoms with Crippen LogP contribution in [0.15, 0.2) is 24.3 Å². The van der Waals surface area contributed by atoms with Crippen molar-refractivity contribution in [1.82, 2.24) is 9.80 Å². The molecule has 3 rings (SSSR count). The first-order valence-electron chi connectivity index (χ1n) is 9.31. The van der Waals surface area contributed by atoms with Crippen molar-refractivity contribution in [2.24, 2.45) is 5.92 Å². The van der Waals surface area contributed by atoms with Gasteiger partial charge in [-0.25, -0.2) is 0 Å². The van der Waals surface area contributed by atoms with Gasteiger partial charge in [0.2, 0.25) is 5.91 Å². The van der Waals surface area contributed by atoms with Crippen LogP contribution in [0.3, 0.4) is 0 Å². The predicted octanol–water partition coefficient (Wildman–Crippen LogP) is 2.25. The van der Waals surface area contributed by atoms with Crippen molar-refractivity contribution in [1.29, 1.82) is 0 Å². The van der Waals surface area contributed by atoms with Crippen molar-refractivity contribution >= 4 is 23.5 Å². The molecule has 2 saturated heterocycles. The summed E-state index contributed by atoms with van der Waals surface area (Å²) in [5.74, 6) is -0.676. The van der Waals surface area contributed by atoms with E-state index in [4.69, 9.17) is 16.3 Å². The van der Waals surface area contributed by atoms with Crippen LogP contribution >= 0.6 is 11.6 Å². The van der Waals surface area contributed by atoms with E-state index in [0.29, 0.717) is 37.4 Å². The maximum Gasteiger partial charge on any atom is 0.326 e. The molecule has 0 radical (unpaired) electrons. The third kappa shape index (κ3) is 3.71. The summed E-state index contributed by atoms with van der Waals surface area (Å²) in [7, 11) is 3.24. The molecule has 2 aliphatic rings. The zero-order valence-corrected chi connectivity index (χ0v) is 16.8. The van der Waals surface area contributed by atoms with Gasteiger partial charge in [0.05, 0.1) is 19.1 Å². The van der Waals surface area contributed by atoms with Gasteiger partial charge in [0, 0.05) is 24.2 Å². The van der Waals surface area contributed by atoms with Crippen LogP contribution in [-0.2, 0) is 14.3 Å². The minimum absolute atomic E-state index is 0.0290. The lowest BCUT2D eigenvalue weighted by molar-refractivity contribution is -0.152. The SMILES string of the molecule is COC(=O)[C@@]1(C)C[C@@H](C(=O)N2CCC(O)CC2)[C@@H](c2ccc(Cl)cc2)N1C. The Labute approximate surface area is 165 Å². The molecule has 2 fully saturated rings. The number of hydrogen-bond acceptors (Lipinski definition) is 5. The molecule has 0 saturated carbocycles. The third-order valence-corrected chi connectivity index (χ3v) is 6.38. The molecule has 7 heteroatoms. The summed E-state index contributed by atoms with van der Waals surface area (Å²) in [4.78, 5) is 29.6. The summed E-state index contributed by atoms with van der Waals surface area (Å²) in [5, 5.41) is 10.4. The van der Waals surface area contributed by atoms with Crippen molar-refractivity contribution in [2.75, 3.05) is 27.2 Å². The zero-order chi connectivity index (χ0) is 19.8. The number of halogens is 1. The molecule has 0 aromatic heterocycles. The van der Waals surface area contributed by atoms with Crippen molar-refractivity contribution in [2.45, 2.75) is 43.9 Å². The fourth-order valence-electron chi connectivity index (χ4n) is 4.37. The third-order valence-electron chi connectivity index (χ3n) is 6.12. The van der Waals surface area contributed by atoms with E-state index in [1.165, 1.54) is 7.11 Å². The highest BCUT2D eigenvalue weighted by molar-refractivity contribution is 6.30. The molecule has 0 unspecified atom stereocenters. The van der Waals surface area contributed by atoms with Gasteiger partial charge in [-0.1, -0.05) is 23.7 Å². The Morgan fingerprint density at radius 3 is 2.37 bits per heavy atom. The molecular weight excluding hydrogens is 368 g/mol. The smallest absolute Gasteiger partial charge is 0.326 e. The van der Waals surface area contributed by atoms with Crippen LogP contribution in [0.5, 0.6) is 0 Å². The first kappa shape index (κ1) is 20.1. The number of aliphatic hydroxyl groups is 1. The molecule has 0 aliphatic carbocycles. The van der Waals surface area contributed by atoms with Gasteiger partial charge in [-0.3, -0.25) is 14.5 Å². The monoisotopic (exact) mass is 394 g/mol. The number of aliphatic hydroxyl groups excluding tert-OH is 1. The van der Waals surface area contributed by atoms with Gasteiger partial charge in [0.1, 0.15) is 5.54 Å². The van der Waals surface area contributed by atoms with Crippen LogP contribution in [0.1, 0.15) is 37.8 Å². The number of likely N-dealkylation sites (tertiary alicyclic amines) is 2. The summed E-state index contributed by atoms with van der Waals surface area (Å²) < 4.78 is 5.04. The number of carbonyl (C=O) groups excluding carboxylic acids is 2. The molecule has 0 spiro atoms. The molecule has 3 atom stereocenters. The number of likely N-dealkylation sites (N-methyl/N-ethyl adjacent to an activating group) is 1. The van der Waals surface area contributed by atoms with Gasteiger partial charge >= 0.3 is 5.97 Å². The molecule has 1 N–H and O–H groups in total. The molecule has 2 heterocycles. The average molecular weight is 395 g/mol. The quantitative estimate of drug-likeness (QED) is 0.796. The highest BCUT2D eigenvalue weighted by Crippen LogP contribution is 2.47. The maximum atomic E-state index is 13.3. The van der Waals surface area contributed by atoms with Gasteiger partial charge in [-0.05, 0) is 50.9 Å². The van der Waals surface area contributed by atoms with Gasteiger partial charge < -0.3 is 14.7 Å². The lowest BCUT2D eigenvalue weighted by atomic mass is 9.88. The van der Waals surface area contributed by atoms with Gasteiger partial charge in [-0.15, -0.1) is 0 Å². The number of benzene rings is 1. The Morgan fingerprint density at radius 1 is 1.22 bits per heavy atom. The van der Waals surface area contributed by atoms with Gasteiger partial charge in [0.15, 0.2) is 0 Å². The van der Waals surface area contributed by atoms with Crippen LogP contribution in [0.25, 0.3) is 0 Å². The topological polar surface area (TPSA) is 70.1 Å². The largest absolute Gasteiger partial charge is 0.468 e. The fraction of sp³-hybridized carbons (Fsp3) is 0.600. The van der Waals surface area contributed by atoms with E-state index in [2.05, 4.69) is 0 Å². The summed E-state index contributed by atoms with van der Waals surface area (Å²) in [6.07, 6.45) is 1.23. The summed E-state index contributed by atoms with van der Waals surface area (Å²) in [6.45, 7) is 2.92. The number of nitrogens with zero attached hydrogens (tertiary/aromatic N) is 2. The Kier molecular flexibility index (Phi) is 5.79. The van der Waals surface area contributed by atoms with Crippen LogP contribution in [-0.4, -0.2) is 65.7 Å². The van der Waals surface area contributed by atoms with E-state index >= 15 is 0 Å². The lowest BCUT2D eigenvalue weighted by Crippen LogP contribution is -2.47. The lowest BCUT2D eigenvalue weighted by Gasteiger charge is -2.34. The summed E-state index contributed by atoms with van der Waals surface area (Å²) in [6, 6.07) is 7.18. The number of methoxy groups -OCH3 is 1. The molecule has 148 valence electrons. The van der Waals surface area contributed by atoms with E-state index in [1.54, 1.807) is 12.1 Å². The van der Waals surface area contributed by atoms with Crippen molar-refractivity contribution in [3.05, 3.63) is 34.9 Å². The van der Waals surface area contributed by atoms with Crippen molar-refractivity contribution in [3.8, 4) is 0 Å². The Hall–Kier alpha value is -1.63. The Morgan fingerprint density at radius 2 is 1.81 bits per heavy atom. The molecular formula is C20H27ClN2O4. The maximum absolute atomic E-state index is 13.3. The van der Waals surface area contributed by atoms with Crippen molar-refractivity contribution in [3.63, 3.8) is 0 Å². The molecule has 1 aromatic carbocycles. The minimum atomic E-state index is -0.880. The zero-order valence-electron chi connectivity index (χ0n) is 16.0. The van der Waals surface area contributed by atoms with E-state index in [-0.39, 0.29) is 29.9 Å². The van der Waals surface area contributed by atoms with E-state index < -0.39 is 5.54 Å². The molecule has 1 amide bonds. The second kappa shape index (κ2) is 7.78. The number of carbonyl (C=O) groups is 2. The first-order valence-corrected chi connectivity index (χ1v) is 9.69. The molecule has 6 nitrogen and oxygen atoms in total. The number of amides is 1. The number of esters is 1. The predicted molar refractivity (Wildman–Crippen MR) is 102 cm³/mol. The van der Waals surface area contributed by atoms with E-state index in [9.17, 15) is 14.7 Å². The Balaban J connectivity index is 1.94. The molecule has 27 heavy (non-hydrogen) atoms. The molecule has 0 bridgehead atoms. The molecule has 1 aromatic rings. The van der Waals surface area contributed by atoms with E-state index in [1.807, 2.05) is 35.9 Å². The number of ether oxygens (including phenoxy) is 1. The number of piperidine rings is 1. The normalized spacial score (nSPS) is 29.7. The van der Waals surface area contributed by atoms with Crippen LogP contribution in [0, 0.1) is 5.92 Å². The number of hydrogen-bond donors (Lipinski definition) is 1. The van der Waals surface area contributed by atoms with Crippen molar-refractivity contribution < 1.29 is 19.4 Å². The summed E-state index contributed by atoms with van der Waals surface area (Å²) >= 11 is 6.03. The highest BCUT2D eigenvalue weighted by atomic mass is 35.5. The average Bonchev–Trinajstić information content (AvgIpc) is 2.94. The van der Waals surface area contributed by atoms with Crippen LogP contribution in [0.2, 0.25) is 5.02 Å². The van der Waals surface area contributed by atoms with Crippen LogP contribution in [0.4, 0.5) is 0 Å². The number of rotatable bonds is 3.